The van der Waals surface area contributed by atoms with Crippen LogP contribution in [0.15, 0.2) is 36.4 Å². The van der Waals surface area contributed by atoms with Crippen LogP contribution in [0.3, 0.4) is 0 Å². The molecule has 0 spiro atoms. The predicted molar refractivity (Wildman–Crippen MR) is 105 cm³/mol. The summed E-state index contributed by atoms with van der Waals surface area (Å²) < 4.78 is 72.6. The summed E-state index contributed by atoms with van der Waals surface area (Å²) in [6.07, 6.45) is -0.591. The molecule has 2 aromatic rings. The van der Waals surface area contributed by atoms with Gasteiger partial charge in [-0.25, -0.2) is 4.79 Å². The first-order chi connectivity index (χ1) is 13.9. The number of carbonyl (C=O) groups excluding carboxylic acids is 1. The first-order valence-electron chi connectivity index (χ1n) is 9.08. The molecule has 0 radical (unpaired) electrons. The Morgan fingerprint density at radius 1 is 0.968 bits per heavy atom. The van der Waals surface area contributed by atoms with E-state index in [0.29, 0.717) is 12.4 Å². The van der Waals surface area contributed by atoms with Gasteiger partial charge in [-0.1, -0.05) is 17.7 Å². The quantitative estimate of drug-likeness (QED) is 0.218. The zero-order valence-corrected chi connectivity index (χ0v) is 20.6. The fraction of sp³-hybridized carbons (Fsp3) is 0.350. The van der Waals surface area contributed by atoms with Crippen LogP contribution >= 0.6 is 7.81 Å². The van der Waals surface area contributed by atoms with E-state index in [2.05, 4.69) is 45.0 Å². The molecule has 0 saturated heterocycles. The number of carbonyl (C=O) groups is 1. The van der Waals surface area contributed by atoms with Crippen molar-refractivity contribution in [1.82, 2.24) is 0 Å². The molecule has 0 saturated carbocycles. The summed E-state index contributed by atoms with van der Waals surface area (Å²) in [5.74, 6) is 0.362. The van der Waals surface area contributed by atoms with E-state index < -0.39 is 13.9 Å². The van der Waals surface area contributed by atoms with Gasteiger partial charge < -0.3 is 9.47 Å². The Bertz CT molecular complexity index is 881. The van der Waals surface area contributed by atoms with Crippen molar-refractivity contribution in [2.75, 3.05) is 6.61 Å². The Morgan fingerprint density at radius 3 is 1.84 bits per heavy atom. The average molecular weight is 584 g/mol. The SMILES string of the molecule is CCOC(=O)C(C)Oc1ccc([I+]c2c(C)cc(C)cc2C)cc1.F[P-](F)(F)(F)(F)F. The van der Waals surface area contributed by atoms with Crippen LogP contribution in [0.2, 0.25) is 0 Å². The third-order valence-electron chi connectivity index (χ3n) is 3.53. The summed E-state index contributed by atoms with van der Waals surface area (Å²) in [7, 11) is -10.7. The van der Waals surface area contributed by atoms with Crippen LogP contribution in [0.1, 0.15) is 30.5 Å². The van der Waals surface area contributed by atoms with Crippen LogP contribution in [0.25, 0.3) is 0 Å². The van der Waals surface area contributed by atoms with E-state index in [4.69, 9.17) is 9.47 Å². The maximum absolute atomic E-state index is 11.6. The Morgan fingerprint density at radius 2 is 1.42 bits per heavy atom. The van der Waals surface area contributed by atoms with Gasteiger partial charge in [-0.05, 0) is 58.9 Å². The molecule has 0 aliphatic carbocycles. The average Bonchev–Trinajstić information content (AvgIpc) is 2.57. The van der Waals surface area contributed by atoms with Gasteiger partial charge in [0, 0.05) is 11.1 Å². The number of rotatable bonds is 6. The van der Waals surface area contributed by atoms with Gasteiger partial charge >= 0.3 is 60.2 Å². The van der Waals surface area contributed by atoms with E-state index >= 15 is 0 Å². The van der Waals surface area contributed by atoms with Gasteiger partial charge in [0.1, 0.15) is 5.75 Å². The van der Waals surface area contributed by atoms with E-state index in [9.17, 15) is 30.0 Å². The van der Waals surface area contributed by atoms with Crippen molar-refractivity contribution in [3.05, 3.63) is 60.2 Å². The van der Waals surface area contributed by atoms with Crippen molar-refractivity contribution in [3.63, 3.8) is 0 Å². The minimum absolute atomic E-state index is 0.227. The van der Waals surface area contributed by atoms with E-state index in [1.54, 1.807) is 13.8 Å². The molecule has 0 bridgehead atoms. The van der Waals surface area contributed by atoms with E-state index in [0.717, 1.165) is 0 Å². The van der Waals surface area contributed by atoms with Gasteiger partial charge in [0.25, 0.3) is 0 Å². The summed E-state index contributed by atoms with van der Waals surface area (Å²) in [6, 6.07) is 12.6. The normalized spacial score (nSPS) is 14.4. The number of hydrogen-bond acceptors (Lipinski definition) is 3. The van der Waals surface area contributed by atoms with Gasteiger partial charge in [0.2, 0.25) is 0 Å². The zero-order valence-electron chi connectivity index (χ0n) is 17.6. The first kappa shape index (κ1) is 27.5. The number of halogens is 7. The predicted octanol–water partition coefficient (Wildman–Crippen LogP) is 4.45. The maximum atomic E-state index is 11.6. The molecule has 1 atom stereocenters. The van der Waals surface area contributed by atoms with E-state index in [1.165, 1.54) is 23.8 Å². The molecule has 0 aromatic heterocycles. The molecule has 0 aliphatic heterocycles. The monoisotopic (exact) mass is 584 g/mol. The Hall–Kier alpha value is -1.55. The van der Waals surface area contributed by atoms with Crippen LogP contribution in [-0.4, -0.2) is 18.7 Å². The van der Waals surface area contributed by atoms with Crippen LogP contribution in [0.5, 0.6) is 5.75 Å². The van der Waals surface area contributed by atoms with Crippen LogP contribution in [-0.2, 0) is 9.53 Å². The van der Waals surface area contributed by atoms with Gasteiger partial charge in [0.15, 0.2) is 13.2 Å². The molecule has 0 heterocycles. The van der Waals surface area contributed by atoms with Crippen molar-refractivity contribution in [2.24, 2.45) is 0 Å². The topological polar surface area (TPSA) is 35.5 Å². The zero-order chi connectivity index (χ0) is 24.1. The Kier molecular flexibility index (Phi) is 8.44. The molecule has 2 aromatic carbocycles. The van der Waals surface area contributed by atoms with Crippen molar-refractivity contribution in [2.45, 2.75) is 40.7 Å². The van der Waals surface area contributed by atoms with Crippen LogP contribution in [0.4, 0.5) is 25.2 Å². The molecule has 1 unspecified atom stereocenters. The molecule has 11 heteroatoms. The Balaban J connectivity index is 0.000000592. The molecule has 3 nitrogen and oxygen atoms in total. The molecule has 0 N–H and O–H groups in total. The molecule has 2 rings (SSSR count). The first-order valence-corrected chi connectivity index (χ1v) is 13.3. The fourth-order valence-corrected chi connectivity index (χ4v) is 5.01. The van der Waals surface area contributed by atoms with Crippen molar-refractivity contribution in [1.29, 1.82) is 0 Å². The molecule has 0 amide bonds. The number of aryl methyl sites for hydroxylation is 3. The second-order valence-electron chi connectivity index (χ2n) is 6.73. The molecular weight excluding hydrogens is 560 g/mol. The summed E-state index contributed by atoms with van der Waals surface area (Å²) in [6.45, 7) is 10.4. The standard InChI is InChI=1S/C20H24IO3.F6P/c1-6-23-20(22)16(5)24-18-9-7-17(8-10-18)21-19-14(3)11-13(2)12-15(19)4;1-7(2,3,4,5)6/h7-12,16H,6H2,1-5H3;/q+1;-1. The van der Waals surface area contributed by atoms with Gasteiger partial charge in [-0.2, -0.15) is 0 Å². The van der Waals surface area contributed by atoms with Crippen LogP contribution < -0.4 is 25.9 Å². The number of esters is 1. The van der Waals surface area contributed by atoms with Gasteiger partial charge in [-0.15, -0.1) is 0 Å². The summed E-state index contributed by atoms with van der Waals surface area (Å²) in [5.41, 5.74) is 4.06. The minimum atomic E-state index is -10.7. The Labute approximate surface area is 187 Å². The number of ether oxygens (including phenoxy) is 2. The summed E-state index contributed by atoms with van der Waals surface area (Å²) in [5, 5.41) is 0. The third kappa shape index (κ3) is 12.8. The van der Waals surface area contributed by atoms with Gasteiger partial charge in [-0.3, -0.25) is 0 Å². The van der Waals surface area contributed by atoms with E-state index in [-0.39, 0.29) is 27.2 Å². The molecular formula is C20H24F6IO3P. The fourth-order valence-electron chi connectivity index (χ4n) is 2.51. The molecule has 176 valence electrons. The number of benzene rings is 2. The van der Waals surface area contributed by atoms with Gasteiger partial charge in [0.05, 0.1) is 6.61 Å². The molecule has 31 heavy (non-hydrogen) atoms. The molecule has 0 fully saturated rings. The second kappa shape index (κ2) is 9.52. The van der Waals surface area contributed by atoms with Crippen molar-refractivity contribution < 1.29 is 60.7 Å². The number of hydrogen-bond donors (Lipinski definition) is 0. The van der Waals surface area contributed by atoms with E-state index in [1.807, 2.05) is 12.1 Å². The third-order valence-corrected chi connectivity index (χ3v) is 7.11. The van der Waals surface area contributed by atoms with Crippen molar-refractivity contribution in [3.8, 4) is 5.75 Å². The second-order valence-corrected chi connectivity index (χ2v) is 11.5. The van der Waals surface area contributed by atoms with Crippen molar-refractivity contribution >= 4 is 13.8 Å². The summed E-state index contributed by atoms with van der Waals surface area (Å²) >= 11 is -0.227. The molecule has 0 aliphatic rings. The van der Waals surface area contributed by atoms with Crippen LogP contribution in [0, 0.1) is 27.9 Å². The summed E-state index contributed by atoms with van der Waals surface area (Å²) in [4.78, 5) is 11.6.